The molecule has 2 aromatic carbocycles. The molecule has 8 heteroatoms. The van der Waals surface area contributed by atoms with E-state index in [1.807, 2.05) is 0 Å². The standard InChI is InChI=1S/C20H13BrF2N2O2S/c21-12-9-13(28-11-12)10-14(19(26)24-17-7-3-1-5-15(17)22)20(27)25-18-8-4-2-6-16(18)23/h1-11H,(H,24,26)(H,25,27). The van der Waals surface area contributed by atoms with Crippen LogP contribution in [0.2, 0.25) is 0 Å². The van der Waals surface area contributed by atoms with E-state index < -0.39 is 23.4 Å². The van der Waals surface area contributed by atoms with E-state index >= 15 is 0 Å². The molecule has 0 spiro atoms. The number of hydrogen-bond acceptors (Lipinski definition) is 3. The fraction of sp³-hybridized carbons (Fsp3) is 0. The van der Waals surface area contributed by atoms with Gasteiger partial charge in [0.25, 0.3) is 11.8 Å². The number of carbonyl (C=O) groups is 2. The highest BCUT2D eigenvalue weighted by molar-refractivity contribution is 9.10. The summed E-state index contributed by atoms with van der Waals surface area (Å²) in [6.45, 7) is 0. The summed E-state index contributed by atoms with van der Waals surface area (Å²) in [5.74, 6) is -2.90. The van der Waals surface area contributed by atoms with Crippen molar-refractivity contribution in [1.29, 1.82) is 0 Å². The van der Waals surface area contributed by atoms with Gasteiger partial charge >= 0.3 is 0 Å². The first-order valence-electron chi connectivity index (χ1n) is 8.01. The van der Waals surface area contributed by atoms with Crippen molar-refractivity contribution in [3.63, 3.8) is 0 Å². The lowest BCUT2D eigenvalue weighted by Gasteiger charge is -2.11. The normalized spacial score (nSPS) is 10.2. The number of hydrogen-bond donors (Lipinski definition) is 2. The summed E-state index contributed by atoms with van der Waals surface area (Å²) >= 11 is 4.60. The smallest absolute Gasteiger partial charge is 0.261 e. The fourth-order valence-corrected chi connectivity index (χ4v) is 3.66. The maximum Gasteiger partial charge on any atom is 0.261 e. The number of amides is 2. The third kappa shape index (κ3) is 4.90. The Hall–Kier alpha value is -2.84. The number of halogens is 3. The van der Waals surface area contributed by atoms with Crippen LogP contribution in [0.3, 0.4) is 0 Å². The third-order valence-corrected chi connectivity index (χ3v) is 5.25. The molecule has 0 saturated heterocycles. The molecule has 4 nitrogen and oxygen atoms in total. The third-order valence-electron chi connectivity index (χ3n) is 3.61. The van der Waals surface area contributed by atoms with Crippen LogP contribution in [0.25, 0.3) is 6.08 Å². The monoisotopic (exact) mass is 462 g/mol. The second-order valence-electron chi connectivity index (χ2n) is 5.59. The Bertz CT molecular complexity index is 1000. The van der Waals surface area contributed by atoms with Crippen molar-refractivity contribution in [3.8, 4) is 0 Å². The van der Waals surface area contributed by atoms with Crippen molar-refractivity contribution in [3.05, 3.63) is 86.5 Å². The minimum absolute atomic E-state index is 0.0653. The molecule has 0 aliphatic heterocycles. The van der Waals surface area contributed by atoms with Crippen molar-refractivity contribution in [2.24, 2.45) is 0 Å². The molecule has 0 unspecified atom stereocenters. The number of anilines is 2. The number of carbonyl (C=O) groups excluding carboxylic acids is 2. The lowest BCUT2D eigenvalue weighted by Crippen LogP contribution is -2.26. The van der Waals surface area contributed by atoms with Crippen LogP contribution in [0, 0.1) is 11.6 Å². The van der Waals surface area contributed by atoms with Gasteiger partial charge in [-0.2, -0.15) is 0 Å². The molecule has 1 heterocycles. The molecule has 1 aromatic heterocycles. The lowest BCUT2D eigenvalue weighted by atomic mass is 10.1. The van der Waals surface area contributed by atoms with Gasteiger partial charge in [0.1, 0.15) is 17.2 Å². The summed E-state index contributed by atoms with van der Waals surface area (Å²) < 4.78 is 28.5. The number of rotatable bonds is 5. The van der Waals surface area contributed by atoms with Crippen LogP contribution in [0.1, 0.15) is 4.88 Å². The molecule has 142 valence electrons. The van der Waals surface area contributed by atoms with Gasteiger partial charge in [-0.25, -0.2) is 8.78 Å². The molecule has 3 aromatic rings. The Labute approximate surface area is 172 Å². The van der Waals surface area contributed by atoms with Gasteiger partial charge in [-0.15, -0.1) is 11.3 Å². The molecule has 28 heavy (non-hydrogen) atoms. The second kappa shape index (κ2) is 8.90. The van der Waals surface area contributed by atoms with E-state index in [4.69, 9.17) is 0 Å². The van der Waals surface area contributed by atoms with E-state index in [1.165, 1.54) is 53.8 Å². The summed E-state index contributed by atoms with van der Waals surface area (Å²) in [7, 11) is 0. The van der Waals surface area contributed by atoms with E-state index in [9.17, 15) is 18.4 Å². The van der Waals surface area contributed by atoms with Crippen LogP contribution in [-0.4, -0.2) is 11.8 Å². The van der Waals surface area contributed by atoms with E-state index in [0.29, 0.717) is 4.88 Å². The molecule has 0 aliphatic rings. The first-order valence-corrected chi connectivity index (χ1v) is 9.69. The summed E-state index contributed by atoms with van der Waals surface area (Å²) in [5.41, 5.74) is -0.422. The number of para-hydroxylation sites is 2. The highest BCUT2D eigenvalue weighted by Crippen LogP contribution is 2.24. The predicted octanol–water partition coefficient (Wildman–Crippen LogP) is 5.45. The predicted molar refractivity (Wildman–Crippen MR) is 110 cm³/mol. The van der Waals surface area contributed by atoms with Crippen LogP contribution in [0.15, 0.2) is 70.0 Å². The molecular weight excluding hydrogens is 450 g/mol. The number of nitrogens with one attached hydrogen (secondary N) is 2. The minimum Gasteiger partial charge on any atom is -0.319 e. The highest BCUT2D eigenvalue weighted by Gasteiger charge is 2.21. The lowest BCUT2D eigenvalue weighted by molar-refractivity contribution is -0.118. The van der Waals surface area contributed by atoms with E-state index in [2.05, 4.69) is 26.6 Å². The quantitative estimate of drug-likeness (QED) is 0.301. The first kappa shape index (κ1) is 19.9. The van der Waals surface area contributed by atoms with Crippen LogP contribution in [-0.2, 0) is 9.59 Å². The molecule has 0 atom stereocenters. The highest BCUT2D eigenvalue weighted by atomic mass is 79.9. The van der Waals surface area contributed by atoms with Crippen LogP contribution in [0.4, 0.5) is 20.2 Å². The van der Waals surface area contributed by atoms with Crippen molar-refractivity contribution in [2.45, 2.75) is 0 Å². The van der Waals surface area contributed by atoms with Crippen molar-refractivity contribution < 1.29 is 18.4 Å². The second-order valence-corrected chi connectivity index (χ2v) is 7.45. The zero-order chi connectivity index (χ0) is 20.1. The Morgan fingerprint density at radius 2 is 1.39 bits per heavy atom. The maximum atomic E-state index is 13.9. The molecule has 3 rings (SSSR count). The zero-order valence-electron chi connectivity index (χ0n) is 14.2. The molecular formula is C20H13BrF2N2O2S. The van der Waals surface area contributed by atoms with Gasteiger partial charge < -0.3 is 10.6 Å². The van der Waals surface area contributed by atoms with Gasteiger partial charge in [0.15, 0.2) is 0 Å². The minimum atomic E-state index is -0.816. The first-order chi connectivity index (χ1) is 13.4. The summed E-state index contributed by atoms with van der Waals surface area (Å²) in [5, 5.41) is 6.53. The Kier molecular flexibility index (Phi) is 6.33. The van der Waals surface area contributed by atoms with Gasteiger partial charge in [0.05, 0.1) is 11.4 Å². The van der Waals surface area contributed by atoms with Crippen LogP contribution in [0.5, 0.6) is 0 Å². The van der Waals surface area contributed by atoms with Gasteiger partial charge in [-0.05, 0) is 52.3 Å². The van der Waals surface area contributed by atoms with Gasteiger partial charge in [-0.1, -0.05) is 24.3 Å². The Morgan fingerprint density at radius 1 is 0.893 bits per heavy atom. The Morgan fingerprint density at radius 3 is 1.82 bits per heavy atom. The molecule has 0 bridgehead atoms. The average molecular weight is 463 g/mol. The number of thiophene rings is 1. The summed E-state index contributed by atoms with van der Waals surface area (Å²) in [6, 6.07) is 12.9. The molecule has 0 aliphatic carbocycles. The average Bonchev–Trinajstić information content (AvgIpc) is 3.08. The molecule has 0 fully saturated rings. The van der Waals surface area contributed by atoms with Crippen molar-refractivity contribution >= 4 is 56.5 Å². The largest absolute Gasteiger partial charge is 0.319 e. The van der Waals surface area contributed by atoms with Crippen molar-refractivity contribution in [2.75, 3.05) is 10.6 Å². The van der Waals surface area contributed by atoms with Crippen LogP contribution >= 0.6 is 27.3 Å². The van der Waals surface area contributed by atoms with E-state index in [0.717, 1.165) is 4.47 Å². The van der Waals surface area contributed by atoms with Gasteiger partial charge in [0.2, 0.25) is 0 Å². The summed E-state index contributed by atoms with van der Waals surface area (Å²) in [4.78, 5) is 26.0. The van der Waals surface area contributed by atoms with Crippen molar-refractivity contribution in [1.82, 2.24) is 0 Å². The SMILES string of the molecule is O=C(Nc1ccccc1F)C(=Cc1cc(Br)cs1)C(=O)Nc1ccccc1F. The van der Waals surface area contributed by atoms with E-state index in [1.54, 1.807) is 23.6 Å². The molecule has 0 radical (unpaired) electrons. The molecule has 2 N–H and O–H groups in total. The maximum absolute atomic E-state index is 13.9. The van der Waals surface area contributed by atoms with Gasteiger partial charge in [-0.3, -0.25) is 9.59 Å². The summed E-state index contributed by atoms with van der Waals surface area (Å²) in [6.07, 6.45) is 1.36. The van der Waals surface area contributed by atoms with Gasteiger partial charge in [0, 0.05) is 14.7 Å². The molecule has 0 saturated carbocycles. The van der Waals surface area contributed by atoms with Crippen LogP contribution < -0.4 is 10.6 Å². The zero-order valence-corrected chi connectivity index (χ0v) is 16.6. The molecule has 2 amide bonds. The topological polar surface area (TPSA) is 58.2 Å². The Balaban J connectivity index is 1.92. The van der Waals surface area contributed by atoms with E-state index in [-0.39, 0.29) is 16.9 Å². The number of benzene rings is 2. The fourth-order valence-electron chi connectivity index (χ4n) is 2.28.